The molecule has 5 nitrogen and oxygen atoms in total. The van der Waals surface area contributed by atoms with Crippen molar-refractivity contribution in [1.82, 2.24) is 10.6 Å². The van der Waals surface area contributed by atoms with E-state index in [1.807, 2.05) is 32.0 Å². The second-order valence-corrected chi connectivity index (χ2v) is 10.3. The Morgan fingerprint density at radius 2 is 1.91 bits per heavy atom. The first-order valence-corrected chi connectivity index (χ1v) is 11.8. The van der Waals surface area contributed by atoms with E-state index in [1.165, 1.54) is 12.1 Å². The average molecular weight is 569 g/mol. The van der Waals surface area contributed by atoms with Gasteiger partial charge >= 0.3 is 6.18 Å². The van der Waals surface area contributed by atoms with Crippen LogP contribution in [0.5, 0.6) is 0 Å². The molecular weight excluding hydrogens is 546 g/mol. The number of rotatable bonds is 7. The van der Waals surface area contributed by atoms with Crippen molar-refractivity contribution in [2.24, 2.45) is 5.92 Å². The van der Waals surface area contributed by atoms with Gasteiger partial charge in [-0.25, -0.2) is 0 Å². The van der Waals surface area contributed by atoms with Crippen LogP contribution in [0.3, 0.4) is 0 Å². The van der Waals surface area contributed by atoms with Gasteiger partial charge in [0.25, 0.3) is 0 Å². The number of alkyl halides is 3. The number of fused-ring (bicyclic) bond motifs is 3. The summed E-state index contributed by atoms with van der Waals surface area (Å²) in [5.74, 6) is -0.615. The van der Waals surface area contributed by atoms with Crippen molar-refractivity contribution in [1.29, 1.82) is 5.26 Å². The van der Waals surface area contributed by atoms with Gasteiger partial charge in [-0.3, -0.25) is 10.1 Å². The first kappa shape index (κ1) is 23.8. The van der Waals surface area contributed by atoms with Gasteiger partial charge in [-0.2, -0.15) is 18.4 Å². The van der Waals surface area contributed by atoms with Gasteiger partial charge < -0.3 is 9.73 Å². The summed E-state index contributed by atoms with van der Waals surface area (Å²) < 4.78 is 49.3. The minimum atomic E-state index is -4.64. The number of carbonyl (C=O) groups excluding carboxylic acids is 1. The van der Waals surface area contributed by atoms with Crippen molar-refractivity contribution >= 4 is 50.4 Å². The molecule has 174 valence electrons. The number of nitriles is 1. The summed E-state index contributed by atoms with van der Waals surface area (Å²) in [5, 5.41) is 16.0. The van der Waals surface area contributed by atoms with Crippen LogP contribution in [0.15, 0.2) is 40.8 Å². The summed E-state index contributed by atoms with van der Waals surface area (Å²) in [4.78, 5) is 12.8. The third-order valence-electron chi connectivity index (χ3n) is 5.84. The lowest BCUT2D eigenvalue weighted by molar-refractivity contribution is -0.161. The Labute approximate surface area is 202 Å². The van der Waals surface area contributed by atoms with Crippen molar-refractivity contribution in [3.63, 3.8) is 0 Å². The van der Waals surface area contributed by atoms with Crippen molar-refractivity contribution in [2.75, 3.05) is 0 Å². The van der Waals surface area contributed by atoms with E-state index in [0.717, 1.165) is 14.3 Å². The molecule has 2 N–H and O–H groups in total. The molecule has 0 aliphatic heterocycles. The highest BCUT2D eigenvalue weighted by atomic mass is 127. The predicted molar refractivity (Wildman–Crippen MR) is 127 cm³/mol. The summed E-state index contributed by atoms with van der Waals surface area (Å²) in [6.07, 6.45) is -3.43. The van der Waals surface area contributed by atoms with Crippen LogP contribution in [0.4, 0.5) is 13.2 Å². The summed E-state index contributed by atoms with van der Waals surface area (Å²) in [6.45, 7) is 3.67. The molecule has 9 heteroatoms. The number of benzene rings is 2. The molecule has 1 aliphatic rings. The quantitative estimate of drug-likeness (QED) is 0.344. The van der Waals surface area contributed by atoms with Crippen molar-refractivity contribution < 1.29 is 22.4 Å². The summed E-state index contributed by atoms with van der Waals surface area (Å²) in [5.41, 5.74) is -0.0344. The van der Waals surface area contributed by atoms with E-state index in [9.17, 15) is 23.2 Å². The highest BCUT2D eigenvalue weighted by Gasteiger charge is 2.47. The summed E-state index contributed by atoms with van der Waals surface area (Å²) in [7, 11) is 0. The lowest BCUT2D eigenvalue weighted by Gasteiger charge is -2.29. The number of furan rings is 1. The number of carbonyl (C=O) groups is 1. The summed E-state index contributed by atoms with van der Waals surface area (Å²) in [6, 6.07) is 8.90. The van der Waals surface area contributed by atoms with E-state index in [2.05, 4.69) is 33.2 Å². The molecule has 1 saturated carbocycles. The number of nitrogens with zero attached hydrogens (tertiary/aromatic N) is 1. The van der Waals surface area contributed by atoms with E-state index >= 15 is 0 Å². The zero-order chi connectivity index (χ0) is 24.0. The molecule has 1 aliphatic carbocycles. The van der Waals surface area contributed by atoms with Crippen LogP contribution in [0.2, 0.25) is 0 Å². The molecule has 0 saturated heterocycles. The molecule has 0 radical (unpaired) electrons. The average Bonchev–Trinajstić information content (AvgIpc) is 3.42. The molecule has 4 rings (SSSR count). The van der Waals surface area contributed by atoms with Crippen LogP contribution in [0, 0.1) is 20.8 Å². The van der Waals surface area contributed by atoms with Crippen molar-refractivity contribution in [2.45, 2.75) is 56.9 Å². The minimum absolute atomic E-state index is 0.0281. The first-order valence-electron chi connectivity index (χ1n) is 10.7. The van der Waals surface area contributed by atoms with Gasteiger partial charge in [0, 0.05) is 14.3 Å². The minimum Gasteiger partial charge on any atom is -0.456 e. The Bertz CT molecular complexity index is 1240. The standard InChI is InChI=1S/C24H23F3IN3O2/c1-13(2)9-18(22(32)31-23(12-29)7-8-23)30-21(24(25,26)27)14-3-5-16-17-11-15(28)4-6-19(17)33-20(16)10-14/h3-6,10-11,13,18,21,30H,7-9H2,1-2H3,(H,31,32)/t18-,21-/m0/s1. The molecule has 1 amide bonds. The van der Waals surface area contributed by atoms with E-state index in [4.69, 9.17) is 4.42 Å². The number of halogens is 4. The fraction of sp³-hybridized carbons (Fsp3) is 0.417. The Hall–Kier alpha value is -2.32. The maximum atomic E-state index is 14.2. The van der Waals surface area contributed by atoms with Gasteiger partial charge in [0.1, 0.15) is 22.7 Å². The molecule has 2 aromatic carbocycles. The largest absolute Gasteiger partial charge is 0.456 e. The van der Waals surface area contributed by atoms with Crippen LogP contribution in [0.1, 0.15) is 44.7 Å². The molecule has 0 bridgehead atoms. The molecule has 1 fully saturated rings. The highest BCUT2D eigenvalue weighted by Crippen LogP contribution is 2.38. The Balaban J connectivity index is 1.68. The maximum Gasteiger partial charge on any atom is 0.407 e. The van der Waals surface area contributed by atoms with E-state index in [-0.39, 0.29) is 17.9 Å². The second-order valence-electron chi connectivity index (χ2n) is 9.00. The van der Waals surface area contributed by atoms with Crippen molar-refractivity contribution in [3.05, 3.63) is 45.5 Å². The molecular formula is C24H23F3IN3O2. The number of nitrogens with one attached hydrogen (secondary N) is 2. The van der Waals surface area contributed by atoms with E-state index < -0.39 is 29.7 Å². The smallest absolute Gasteiger partial charge is 0.407 e. The lowest BCUT2D eigenvalue weighted by atomic mass is 9.98. The number of hydrogen-bond acceptors (Lipinski definition) is 4. The van der Waals surface area contributed by atoms with Gasteiger partial charge in [-0.15, -0.1) is 0 Å². The van der Waals surface area contributed by atoms with Gasteiger partial charge in [-0.05, 0) is 77.6 Å². The summed E-state index contributed by atoms with van der Waals surface area (Å²) >= 11 is 2.17. The molecule has 2 atom stereocenters. The Morgan fingerprint density at radius 3 is 2.52 bits per heavy atom. The normalized spacial score (nSPS) is 17.2. The van der Waals surface area contributed by atoms with E-state index in [0.29, 0.717) is 24.0 Å². The number of amides is 1. The molecule has 33 heavy (non-hydrogen) atoms. The SMILES string of the molecule is CC(C)C[C@H](N[C@@H](c1ccc2c(c1)oc1ccc(I)cc12)C(F)(F)F)C(=O)NC1(C#N)CC1. The predicted octanol–water partition coefficient (Wildman–Crippen LogP) is 5.97. The highest BCUT2D eigenvalue weighted by molar-refractivity contribution is 14.1. The molecule has 1 aromatic heterocycles. The molecule has 0 spiro atoms. The fourth-order valence-corrected chi connectivity index (χ4v) is 4.45. The van der Waals surface area contributed by atoms with Crippen LogP contribution < -0.4 is 10.6 Å². The first-order chi connectivity index (χ1) is 15.5. The third kappa shape index (κ3) is 5.11. The third-order valence-corrected chi connectivity index (χ3v) is 6.51. The van der Waals surface area contributed by atoms with Gasteiger partial charge in [0.2, 0.25) is 5.91 Å². The maximum absolute atomic E-state index is 14.2. The zero-order valence-corrected chi connectivity index (χ0v) is 20.3. The number of hydrogen-bond donors (Lipinski definition) is 2. The van der Waals surface area contributed by atoms with Crippen LogP contribution in [-0.2, 0) is 4.79 Å². The Morgan fingerprint density at radius 1 is 1.18 bits per heavy atom. The van der Waals surface area contributed by atoms with Crippen LogP contribution >= 0.6 is 22.6 Å². The van der Waals surface area contributed by atoms with Crippen LogP contribution in [0.25, 0.3) is 21.9 Å². The van der Waals surface area contributed by atoms with E-state index in [1.54, 1.807) is 12.1 Å². The molecule has 0 unspecified atom stereocenters. The van der Waals surface area contributed by atoms with Crippen LogP contribution in [-0.4, -0.2) is 23.7 Å². The van der Waals surface area contributed by atoms with Gasteiger partial charge in [0.05, 0.1) is 12.1 Å². The van der Waals surface area contributed by atoms with Gasteiger partial charge in [-0.1, -0.05) is 26.0 Å². The fourth-order valence-electron chi connectivity index (χ4n) is 3.96. The zero-order valence-electron chi connectivity index (χ0n) is 18.1. The molecule has 3 aromatic rings. The topological polar surface area (TPSA) is 78.1 Å². The molecule has 1 heterocycles. The Kier molecular flexibility index (Phi) is 6.35. The van der Waals surface area contributed by atoms with Crippen molar-refractivity contribution in [3.8, 4) is 6.07 Å². The monoisotopic (exact) mass is 569 g/mol. The lowest BCUT2D eigenvalue weighted by Crippen LogP contribution is -2.52. The second kappa shape index (κ2) is 8.80. The van der Waals surface area contributed by atoms with Gasteiger partial charge in [0.15, 0.2) is 0 Å².